The highest BCUT2D eigenvalue weighted by atomic mass is 16.2. The first-order valence-electron chi connectivity index (χ1n) is 11.6. The second-order valence-electron chi connectivity index (χ2n) is 7.54. The molecule has 0 fully saturated rings. The highest BCUT2D eigenvalue weighted by Crippen LogP contribution is 2.34. The molecule has 2 aromatic rings. The van der Waals surface area contributed by atoms with E-state index < -0.39 is 0 Å². The number of nitrogens with zero attached hydrogens (tertiary/aromatic N) is 2. The van der Waals surface area contributed by atoms with E-state index >= 15 is 0 Å². The molecule has 0 saturated heterocycles. The molecule has 0 aliphatic carbocycles. The molecule has 1 aliphatic heterocycles. The van der Waals surface area contributed by atoms with E-state index in [0.29, 0.717) is 11.1 Å². The van der Waals surface area contributed by atoms with Gasteiger partial charge in [-0.15, -0.1) is 0 Å². The molecule has 31 heavy (non-hydrogen) atoms. The lowest BCUT2D eigenvalue weighted by molar-refractivity contribution is 0.0650. The molecule has 1 heterocycles. The zero-order chi connectivity index (χ0) is 24.4. The molecule has 0 unspecified atom stereocenters. The molecule has 0 aromatic heterocycles. The van der Waals surface area contributed by atoms with E-state index in [9.17, 15) is 9.59 Å². The maximum atomic E-state index is 12.4. The van der Waals surface area contributed by atoms with Crippen LogP contribution in [0.5, 0.6) is 0 Å². The molecule has 1 N–H and O–H groups in total. The van der Waals surface area contributed by atoms with Gasteiger partial charge in [0.25, 0.3) is 11.8 Å². The van der Waals surface area contributed by atoms with Crippen molar-refractivity contribution in [2.45, 2.75) is 68.7 Å². The maximum Gasteiger partial charge on any atom is 0.261 e. The van der Waals surface area contributed by atoms with Crippen LogP contribution in [0.1, 0.15) is 89.5 Å². The first kappa shape index (κ1) is 28.6. The molecule has 5 nitrogen and oxygen atoms in total. The number of carbonyl (C=O) groups is 2. The summed E-state index contributed by atoms with van der Waals surface area (Å²) >= 11 is 0. The number of anilines is 1. The lowest BCUT2D eigenvalue weighted by atomic mass is 9.90. The summed E-state index contributed by atoms with van der Waals surface area (Å²) in [4.78, 5) is 26.1. The Morgan fingerprint density at radius 2 is 1.42 bits per heavy atom. The van der Waals surface area contributed by atoms with Crippen LogP contribution >= 0.6 is 0 Å². The van der Waals surface area contributed by atoms with Crippen molar-refractivity contribution in [3.63, 3.8) is 0 Å². The van der Waals surface area contributed by atoms with Crippen LogP contribution in [-0.2, 0) is 0 Å². The van der Waals surface area contributed by atoms with Crippen molar-refractivity contribution < 1.29 is 9.59 Å². The Labute approximate surface area is 189 Å². The van der Waals surface area contributed by atoms with Gasteiger partial charge in [0.2, 0.25) is 0 Å². The molecule has 1 aliphatic rings. The number of hydrogen-bond donors (Lipinski definition) is 1. The molecule has 0 saturated carbocycles. The molecule has 0 radical (unpaired) electrons. The SMILES string of the molecule is CC.CC.CC.CCC(C)(C)CN(C)Nc1ccc2c3c(cccc13)C(=O)N(C)C2=O. The van der Waals surface area contributed by atoms with E-state index in [2.05, 4.69) is 31.2 Å². The maximum absolute atomic E-state index is 12.4. The van der Waals surface area contributed by atoms with Gasteiger partial charge in [0.15, 0.2) is 0 Å². The molecule has 174 valence electrons. The topological polar surface area (TPSA) is 52.7 Å². The predicted molar refractivity (Wildman–Crippen MR) is 135 cm³/mol. The minimum Gasteiger partial charge on any atom is -0.318 e. The summed E-state index contributed by atoms with van der Waals surface area (Å²) in [7, 11) is 3.54. The highest BCUT2D eigenvalue weighted by molar-refractivity contribution is 6.26. The van der Waals surface area contributed by atoms with Gasteiger partial charge in [-0.3, -0.25) is 14.5 Å². The van der Waals surface area contributed by atoms with E-state index in [1.165, 1.54) is 11.9 Å². The Balaban J connectivity index is 0.00000138. The summed E-state index contributed by atoms with van der Waals surface area (Å²) in [6, 6.07) is 9.32. The number of amides is 2. The van der Waals surface area contributed by atoms with Crippen molar-refractivity contribution in [3.05, 3.63) is 41.5 Å². The van der Waals surface area contributed by atoms with Crippen LogP contribution < -0.4 is 5.43 Å². The Morgan fingerprint density at radius 3 is 1.94 bits per heavy atom. The van der Waals surface area contributed by atoms with Gasteiger partial charge in [-0.2, -0.15) is 0 Å². The van der Waals surface area contributed by atoms with Gasteiger partial charge in [0.05, 0.1) is 5.69 Å². The number of imide groups is 1. The highest BCUT2D eigenvalue weighted by Gasteiger charge is 2.30. The minimum atomic E-state index is -0.249. The van der Waals surface area contributed by atoms with Crippen molar-refractivity contribution in [2.75, 3.05) is 26.1 Å². The molecule has 2 aromatic carbocycles. The number of nitrogens with one attached hydrogen (secondary N) is 1. The zero-order valence-corrected chi connectivity index (χ0v) is 21.5. The largest absolute Gasteiger partial charge is 0.318 e. The minimum absolute atomic E-state index is 0.197. The zero-order valence-electron chi connectivity index (χ0n) is 21.5. The van der Waals surface area contributed by atoms with E-state index in [-0.39, 0.29) is 17.2 Å². The van der Waals surface area contributed by atoms with Gasteiger partial charge in [-0.25, -0.2) is 5.01 Å². The van der Waals surface area contributed by atoms with Gasteiger partial charge < -0.3 is 5.43 Å². The number of benzene rings is 2. The predicted octanol–water partition coefficient (Wildman–Crippen LogP) is 6.84. The van der Waals surface area contributed by atoms with Crippen molar-refractivity contribution in [3.8, 4) is 0 Å². The molecule has 0 spiro atoms. The molecule has 0 atom stereocenters. The summed E-state index contributed by atoms with van der Waals surface area (Å²) in [5.41, 5.74) is 5.67. The van der Waals surface area contributed by atoms with E-state index in [4.69, 9.17) is 0 Å². The average Bonchev–Trinajstić information content (AvgIpc) is 2.80. The fourth-order valence-electron chi connectivity index (χ4n) is 3.31. The third-order valence-corrected chi connectivity index (χ3v) is 5.04. The first-order chi connectivity index (χ1) is 14.7. The van der Waals surface area contributed by atoms with Crippen molar-refractivity contribution >= 4 is 28.3 Å². The Morgan fingerprint density at radius 1 is 0.903 bits per heavy atom. The molecule has 5 heteroatoms. The average molecular weight is 430 g/mol. The van der Waals surface area contributed by atoms with Crippen LogP contribution in [-0.4, -0.2) is 42.4 Å². The van der Waals surface area contributed by atoms with E-state index in [1.807, 2.05) is 66.8 Å². The quantitative estimate of drug-likeness (QED) is 0.417. The molecule has 0 bridgehead atoms. The molecular weight excluding hydrogens is 386 g/mol. The second-order valence-corrected chi connectivity index (χ2v) is 7.54. The first-order valence-corrected chi connectivity index (χ1v) is 11.6. The summed E-state index contributed by atoms with van der Waals surface area (Å²) in [6.45, 7) is 19.5. The standard InChI is InChI=1S/C20H25N3O2.3C2H6/c1-6-20(2,3)12-22(4)21-16-11-10-15-17-13(16)8-7-9-14(17)18(24)23(5)19(15)25;3*1-2/h7-11,21H,6,12H2,1-5H3;3*1-2H3. The van der Waals surface area contributed by atoms with E-state index in [1.54, 1.807) is 12.1 Å². The van der Waals surface area contributed by atoms with Crippen LogP contribution in [0.2, 0.25) is 0 Å². The van der Waals surface area contributed by atoms with Gasteiger partial charge in [-0.1, -0.05) is 74.4 Å². The summed E-state index contributed by atoms with van der Waals surface area (Å²) in [5, 5.41) is 3.70. The van der Waals surface area contributed by atoms with Crippen LogP contribution in [0.3, 0.4) is 0 Å². The fraction of sp³-hybridized carbons (Fsp3) is 0.538. The summed E-state index contributed by atoms with van der Waals surface area (Å²) in [6.07, 6.45) is 1.08. The molecule has 3 rings (SSSR count). The molecular formula is C26H43N3O2. The van der Waals surface area contributed by atoms with Gasteiger partial charge in [0.1, 0.15) is 0 Å². The van der Waals surface area contributed by atoms with Gasteiger partial charge in [-0.05, 0) is 30.0 Å². The van der Waals surface area contributed by atoms with Crippen molar-refractivity contribution in [1.82, 2.24) is 9.91 Å². The normalized spacial score (nSPS) is 12.3. The smallest absolute Gasteiger partial charge is 0.261 e. The monoisotopic (exact) mass is 429 g/mol. The lowest BCUT2D eigenvalue weighted by Crippen LogP contribution is -2.37. The number of rotatable bonds is 5. The van der Waals surface area contributed by atoms with E-state index in [0.717, 1.165) is 29.4 Å². The number of carbonyl (C=O) groups excluding carboxylic acids is 2. The number of hydrogen-bond acceptors (Lipinski definition) is 4. The Hall–Kier alpha value is -2.40. The van der Waals surface area contributed by atoms with Crippen LogP contribution in [0.15, 0.2) is 30.3 Å². The van der Waals surface area contributed by atoms with Crippen molar-refractivity contribution in [1.29, 1.82) is 0 Å². The number of hydrazine groups is 1. The Kier molecular flexibility index (Phi) is 12.1. The van der Waals surface area contributed by atoms with Crippen molar-refractivity contribution in [2.24, 2.45) is 5.41 Å². The van der Waals surface area contributed by atoms with Gasteiger partial charge in [0, 0.05) is 42.5 Å². The summed E-state index contributed by atoms with van der Waals surface area (Å²) < 4.78 is 0. The third kappa shape index (κ3) is 6.54. The third-order valence-electron chi connectivity index (χ3n) is 5.04. The molecule has 2 amide bonds. The van der Waals surface area contributed by atoms with Crippen LogP contribution in [0.25, 0.3) is 10.8 Å². The summed E-state index contributed by atoms with van der Waals surface area (Å²) in [5.74, 6) is -0.499. The lowest BCUT2D eigenvalue weighted by Gasteiger charge is -2.31. The van der Waals surface area contributed by atoms with Crippen LogP contribution in [0, 0.1) is 5.41 Å². The van der Waals surface area contributed by atoms with Crippen LogP contribution in [0.4, 0.5) is 5.69 Å². The van der Waals surface area contributed by atoms with Gasteiger partial charge >= 0.3 is 0 Å². The Bertz CT molecular complexity index is 837. The fourth-order valence-corrected chi connectivity index (χ4v) is 3.31. The second kappa shape index (κ2) is 13.1.